The lowest BCUT2D eigenvalue weighted by Crippen LogP contribution is -2.08. The fraction of sp³-hybridized carbons (Fsp3) is 0.333. The molecule has 2 aromatic rings. The molecule has 0 bridgehead atoms. The number of aliphatic hydroxyl groups excluding tert-OH is 1. The summed E-state index contributed by atoms with van der Waals surface area (Å²) in [7, 11) is 1.26. The van der Waals surface area contributed by atoms with Crippen LogP contribution in [0.4, 0.5) is 0 Å². The maximum atomic E-state index is 12.2. The van der Waals surface area contributed by atoms with Crippen molar-refractivity contribution in [1.29, 1.82) is 0 Å². The normalized spacial score (nSPS) is 12.4. The lowest BCUT2D eigenvalue weighted by atomic mass is 10.0. The molecule has 21 heavy (non-hydrogen) atoms. The predicted molar refractivity (Wildman–Crippen MR) is 80.9 cm³/mol. The van der Waals surface area contributed by atoms with Crippen molar-refractivity contribution < 1.29 is 19.1 Å². The third kappa shape index (κ3) is 3.11. The zero-order valence-corrected chi connectivity index (χ0v) is 12.8. The second-order valence-corrected chi connectivity index (χ2v) is 5.74. The quantitative estimate of drug-likeness (QED) is 0.691. The van der Waals surface area contributed by atoms with Gasteiger partial charge in [-0.1, -0.05) is 18.7 Å². The molecule has 1 aromatic carbocycles. The van der Waals surface area contributed by atoms with Crippen LogP contribution < -0.4 is 5.43 Å². The Labute approximate surface area is 125 Å². The van der Waals surface area contributed by atoms with Gasteiger partial charge in [-0.25, -0.2) is 4.79 Å². The minimum Gasteiger partial charge on any atom is -0.465 e. The summed E-state index contributed by atoms with van der Waals surface area (Å²) in [6.07, 6.45) is -0.873. The molecule has 0 fully saturated rings. The largest absolute Gasteiger partial charge is 0.465 e. The lowest BCUT2D eigenvalue weighted by Gasteiger charge is -2.11. The first kappa shape index (κ1) is 15.6. The first-order valence-electron chi connectivity index (χ1n) is 6.49. The molecule has 0 saturated heterocycles. The van der Waals surface area contributed by atoms with Crippen molar-refractivity contribution >= 4 is 28.7 Å². The van der Waals surface area contributed by atoms with E-state index in [0.717, 1.165) is 5.75 Å². The zero-order chi connectivity index (χ0) is 15.6. The maximum Gasteiger partial charge on any atom is 0.337 e. The molecule has 1 unspecified atom stereocenters. The van der Waals surface area contributed by atoms with Crippen molar-refractivity contribution in [3.8, 4) is 0 Å². The highest BCUT2D eigenvalue weighted by molar-refractivity contribution is 7.99. The number of aliphatic hydroxyl groups is 1. The third-order valence-corrected chi connectivity index (χ3v) is 3.77. The van der Waals surface area contributed by atoms with E-state index in [9.17, 15) is 14.7 Å². The predicted octanol–water partition coefficient (Wildman–Crippen LogP) is 2.74. The Morgan fingerprint density at radius 1 is 1.43 bits per heavy atom. The molecular weight excluding hydrogens is 292 g/mol. The van der Waals surface area contributed by atoms with Gasteiger partial charge in [0, 0.05) is 11.6 Å². The highest BCUT2D eigenvalue weighted by atomic mass is 32.2. The first-order valence-corrected chi connectivity index (χ1v) is 7.47. The van der Waals surface area contributed by atoms with Crippen LogP contribution in [0.3, 0.4) is 0 Å². The number of hydrogen-bond acceptors (Lipinski definition) is 6. The molecule has 6 heteroatoms. The lowest BCUT2D eigenvalue weighted by molar-refractivity contribution is 0.0600. The topological polar surface area (TPSA) is 76.7 Å². The Bertz CT molecular complexity index is 733. The number of methoxy groups -OCH3 is 1. The average molecular weight is 308 g/mol. The minimum atomic E-state index is -0.873. The van der Waals surface area contributed by atoms with Gasteiger partial charge in [0.1, 0.15) is 5.58 Å². The molecule has 0 radical (unpaired) electrons. The van der Waals surface area contributed by atoms with Crippen molar-refractivity contribution in [1.82, 2.24) is 0 Å². The molecule has 0 spiro atoms. The number of benzene rings is 1. The van der Waals surface area contributed by atoms with E-state index in [1.165, 1.54) is 37.1 Å². The summed E-state index contributed by atoms with van der Waals surface area (Å²) >= 11 is 1.40. The van der Waals surface area contributed by atoms with E-state index >= 15 is 0 Å². The zero-order valence-electron chi connectivity index (χ0n) is 12.0. The second kappa shape index (κ2) is 6.32. The number of fused-ring (bicyclic) bond motifs is 1. The van der Waals surface area contributed by atoms with Crippen LogP contribution in [0.15, 0.2) is 32.5 Å². The second-order valence-electron chi connectivity index (χ2n) is 4.47. The van der Waals surface area contributed by atoms with E-state index in [2.05, 4.69) is 4.74 Å². The summed E-state index contributed by atoms with van der Waals surface area (Å²) in [5.74, 6) is 0.198. The van der Waals surface area contributed by atoms with Crippen LogP contribution >= 0.6 is 11.8 Å². The van der Waals surface area contributed by atoms with Crippen molar-refractivity contribution in [2.45, 2.75) is 25.0 Å². The Morgan fingerprint density at radius 3 is 2.71 bits per heavy atom. The number of hydrogen-bond donors (Lipinski definition) is 1. The Morgan fingerprint density at radius 2 is 2.14 bits per heavy atom. The van der Waals surface area contributed by atoms with Gasteiger partial charge in [-0.3, -0.25) is 4.79 Å². The number of esters is 1. The van der Waals surface area contributed by atoms with Gasteiger partial charge >= 0.3 is 5.97 Å². The Hall–Kier alpha value is -1.79. The molecule has 0 aliphatic carbocycles. The monoisotopic (exact) mass is 308 g/mol. The first-order chi connectivity index (χ1) is 9.97. The Balaban J connectivity index is 2.79. The molecule has 0 aliphatic rings. The molecule has 0 amide bonds. The summed E-state index contributed by atoms with van der Waals surface area (Å²) in [5, 5.41) is 10.6. The number of thioether (sulfide) groups is 1. The van der Waals surface area contributed by atoms with Crippen LogP contribution in [-0.2, 0) is 4.74 Å². The molecular formula is C15H16O5S. The summed E-state index contributed by atoms with van der Waals surface area (Å²) in [6, 6.07) is 4.31. The van der Waals surface area contributed by atoms with Gasteiger partial charge in [0.25, 0.3) is 0 Å². The van der Waals surface area contributed by atoms with Crippen molar-refractivity contribution in [3.63, 3.8) is 0 Å². The van der Waals surface area contributed by atoms with Crippen molar-refractivity contribution in [2.24, 2.45) is 0 Å². The molecule has 2 rings (SSSR count). The Kier molecular flexibility index (Phi) is 4.69. The van der Waals surface area contributed by atoms with E-state index in [1.807, 2.05) is 6.92 Å². The van der Waals surface area contributed by atoms with Crippen LogP contribution in [-0.4, -0.2) is 23.9 Å². The van der Waals surface area contributed by atoms with E-state index in [1.54, 1.807) is 6.92 Å². The van der Waals surface area contributed by atoms with Crippen LogP contribution in [0.2, 0.25) is 0 Å². The summed E-state index contributed by atoms with van der Waals surface area (Å²) in [5.41, 5.74) is 0.661. The van der Waals surface area contributed by atoms with Crippen LogP contribution in [0.5, 0.6) is 0 Å². The molecule has 5 nitrogen and oxygen atoms in total. The number of carbonyl (C=O) groups excluding carboxylic acids is 1. The molecule has 1 atom stereocenters. The standard InChI is InChI=1S/C15H16O5S/c1-4-21-13-7-12(17)11-6-9(15(18)19-3)5-10(8(2)16)14(11)20-13/h5-8,16H,4H2,1-3H3. The summed E-state index contributed by atoms with van der Waals surface area (Å²) in [6.45, 7) is 3.50. The van der Waals surface area contributed by atoms with E-state index < -0.39 is 12.1 Å². The van der Waals surface area contributed by atoms with Crippen LogP contribution in [0, 0.1) is 0 Å². The highest BCUT2D eigenvalue weighted by Crippen LogP contribution is 2.28. The van der Waals surface area contributed by atoms with Gasteiger partial charge in [0.15, 0.2) is 10.5 Å². The summed E-state index contributed by atoms with van der Waals surface area (Å²) in [4.78, 5) is 23.9. The van der Waals surface area contributed by atoms with Gasteiger partial charge in [0.05, 0.1) is 24.2 Å². The van der Waals surface area contributed by atoms with Gasteiger partial charge in [0.2, 0.25) is 0 Å². The molecule has 1 aromatic heterocycles. The van der Waals surface area contributed by atoms with E-state index in [4.69, 9.17) is 4.42 Å². The minimum absolute atomic E-state index is 0.212. The van der Waals surface area contributed by atoms with E-state index in [0.29, 0.717) is 16.2 Å². The summed E-state index contributed by atoms with van der Waals surface area (Å²) < 4.78 is 10.4. The number of ether oxygens (including phenoxy) is 1. The van der Waals surface area contributed by atoms with Gasteiger partial charge in [-0.2, -0.15) is 0 Å². The fourth-order valence-electron chi connectivity index (χ4n) is 2.02. The maximum absolute atomic E-state index is 12.2. The van der Waals surface area contributed by atoms with E-state index in [-0.39, 0.29) is 16.4 Å². The molecule has 112 valence electrons. The van der Waals surface area contributed by atoms with Crippen molar-refractivity contribution in [2.75, 3.05) is 12.9 Å². The van der Waals surface area contributed by atoms with Gasteiger partial charge in [-0.15, -0.1) is 0 Å². The fourth-order valence-corrected chi connectivity index (χ4v) is 2.64. The average Bonchev–Trinajstić information content (AvgIpc) is 2.45. The van der Waals surface area contributed by atoms with Gasteiger partial charge in [-0.05, 0) is 24.8 Å². The molecule has 0 saturated carbocycles. The molecule has 0 aliphatic heterocycles. The highest BCUT2D eigenvalue weighted by Gasteiger charge is 2.17. The van der Waals surface area contributed by atoms with Crippen LogP contribution in [0.25, 0.3) is 11.0 Å². The smallest absolute Gasteiger partial charge is 0.337 e. The number of rotatable bonds is 4. The van der Waals surface area contributed by atoms with Crippen molar-refractivity contribution in [3.05, 3.63) is 39.5 Å². The number of carbonyl (C=O) groups is 1. The van der Waals surface area contributed by atoms with Crippen LogP contribution in [0.1, 0.15) is 35.9 Å². The SMILES string of the molecule is CCSc1cc(=O)c2cc(C(=O)OC)cc(C(C)O)c2o1. The molecule has 1 heterocycles. The molecule has 1 N–H and O–H groups in total. The third-order valence-electron chi connectivity index (χ3n) is 2.99. The van der Waals surface area contributed by atoms with Gasteiger partial charge < -0.3 is 14.3 Å².